The summed E-state index contributed by atoms with van der Waals surface area (Å²) in [5, 5.41) is 3.56. The van der Waals surface area contributed by atoms with Crippen molar-refractivity contribution in [3.63, 3.8) is 0 Å². The van der Waals surface area contributed by atoms with Gasteiger partial charge in [0.05, 0.1) is 31.4 Å². The minimum absolute atomic E-state index is 0.0883. The van der Waals surface area contributed by atoms with Crippen LogP contribution in [0, 0.1) is 0 Å². The highest BCUT2D eigenvalue weighted by atomic mass is 32.2. The number of carbonyl (C=O) groups is 1. The van der Waals surface area contributed by atoms with Gasteiger partial charge in [-0.05, 0) is 60.7 Å². The molecule has 0 unspecified atom stereocenters. The van der Waals surface area contributed by atoms with Gasteiger partial charge in [-0.1, -0.05) is 30.0 Å². The van der Waals surface area contributed by atoms with Crippen molar-refractivity contribution in [2.24, 2.45) is 0 Å². The molecule has 1 aromatic heterocycles. The molecule has 0 atom stereocenters. The number of nitrogens with zero attached hydrogens (tertiary/aromatic N) is 1. The molecule has 6 nitrogen and oxygen atoms in total. The van der Waals surface area contributed by atoms with Crippen LogP contribution in [0.1, 0.15) is 0 Å². The Morgan fingerprint density at radius 3 is 2.06 bits per heavy atom. The smallest absolute Gasteiger partial charge is 0.234 e. The number of para-hydroxylation sites is 1. The number of methoxy groups -OCH3 is 2. The van der Waals surface area contributed by atoms with Gasteiger partial charge in [-0.25, -0.2) is 4.98 Å². The lowest BCUT2D eigenvalue weighted by molar-refractivity contribution is -0.113. The van der Waals surface area contributed by atoms with Crippen molar-refractivity contribution in [1.82, 2.24) is 9.97 Å². The first kappa shape index (κ1) is 21.5. The Hall–Kier alpha value is -3.71. The number of nitrogens with one attached hydrogen (secondary N) is 2. The number of aromatic nitrogens is 2. The molecule has 0 bridgehead atoms. The molecule has 0 spiro atoms. The topological polar surface area (TPSA) is 76.2 Å². The summed E-state index contributed by atoms with van der Waals surface area (Å²) in [6.45, 7) is 0. The van der Waals surface area contributed by atoms with Crippen molar-refractivity contribution in [2.75, 3.05) is 25.3 Å². The maximum absolute atomic E-state index is 12.4. The molecule has 1 heterocycles. The number of amides is 1. The minimum atomic E-state index is -0.0883. The molecule has 162 valence electrons. The minimum Gasteiger partial charge on any atom is -0.497 e. The average molecular weight is 446 g/mol. The number of ether oxygens (including phenoxy) is 2. The van der Waals surface area contributed by atoms with Gasteiger partial charge in [-0.2, -0.15) is 0 Å². The second-order valence-corrected chi connectivity index (χ2v) is 7.89. The van der Waals surface area contributed by atoms with E-state index < -0.39 is 0 Å². The van der Waals surface area contributed by atoms with Crippen molar-refractivity contribution >= 4 is 23.4 Å². The number of thioether (sulfide) groups is 1. The number of hydrogen-bond acceptors (Lipinski definition) is 5. The number of H-pyrrole nitrogens is 1. The van der Waals surface area contributed by atoms with Crippen molar-refractivity contribution < 1.29 is 14.3 Å². The molecule has 0 saturated carbocycles. The number of aromatic amines is 1. The zero-order valence-electron chi connectivity index (χ0n) is 17.8. The predicted molar refractivity (Wildman–Crippen MR) is 128 cm³/mol. The third-order valence-electron chi connectivity index (χ3n) is 4.82. The van der Waals surface area contributed by atoms with Crippen LogP contribution in [-0.4, -0.2) is 35.8 Å². The average Bonchev–Trinajstić information content (AvgIpc) is 3.28. The van der Waals surface area contributed by atoms with E-state index in [9.17, 15) is 4.79 Å². The fourth-order valence-corrected chi connectivity index (χ4v) is 3.87. The first-order chi connectivity index (χ1) is 15.7. The van der Waals surface area contributed by atoms with Crippen molar-refractivity contribution in [3.05, 3.63) is 78.9 Å². The summed E-state index contributed by atoms with van der Waals surface area (Å²) in [7, 11) is 3.28. The Morgan fingerprint density at radius 2 is 1.47 bits per heavy atom. The van der Waals surface area contributed by atoms with Crippen molar-refractivity contribution in [1.29, 1.82) is 0 Å². The van der Waals surface area contributed by atoms with E-state index >= 15 is 0 Å². The number of imidazole rings is 1. The van der Waals surface area contributed by atoms with Gasteiger partial charge in [0.1, 0.15) is 11.5 Å². The van der Waals surface area contributed by atoms with E-state index in [1.807, 2.05) is 78.9 Å². The van der Waals surface area contributed by atoms with Crippen molar-refractivity contribution in [2.45, 2.75) is 5.16 Å². The molecule has 32 heavy (non-hydrogen) atoms. The lowest BCUT2D eigenvalue weighted by Crippen LogP contribution is -2.13. The molecular weight excluding hydrogens is 422 g/mol. The lowest BCUT2D eigenvalue weighted by atomic mass is 10.0. The molecule has 2 N–H and O–H groups in total. The first-order valence-electron chi connectivity index (χ1n) is 10.0. The van der Waals surface area contributed by atoms with Crippen LogP contribution in [0.3, 0.4) is 0 Å². The van der Waals surface area contributed by atoms with E-state index in [-0.39, 0.29) is 11.7 Å². The summed E-state index contributed by atoms with van der Waals surface area (Å²) in [6, 6.07) is 24.9. The zero-order chi connectivity index (χ0) is 22.3. The predicted octanol–water partition coefficient (Wildman–Crippen LogP) is 5.49. The maximum Gasteiger partial charge on any atom is 0.234 e. The van der Waals surface area contributed by atoms with Crippen LogP contribution in [0.5, 0.6) is 11.5 Å². The molecule has 4 aromatic rings. The van der Waals surface area contributed by atoms with Crippen LogP contribution in [0.25, 0.3) is 22.5 Å². The number of carbonyl (C=O) groups excluding carboxylic acids is 1. The van der Waals surface area contributed by atoms with E-state index in [1.165, 1.54) is 11.8 Å². The third-order valence-corrected chi connectivity index (χ3v) is 5.70. The molecule has 0 saturated heterocycles. The Kier molecular flexibility index (Phi) is 6.77. The molecule has 0 fully saturated rings. The fraction of sp³-hybridized carbons (Fsp3) is 0.120. The number of anilines is 1. The van der Waals surface area contributed by atoms with Gasteiger partial charge in [-0.3, -0.25) is 4.79 Å². The third kappa shape index (κ3) is 5.12. The number of rotatable bonds is 8. The maximum atomic E-state index is 12.4. The quantitative estimate of drug-likeness (QED) is 0.351. The molecule has 3 aromatic carbocycles. The van der Waals surface area contributed by atoms with Gasteiger partial charge in [0.2, 0.25) is 5.91 Å². The van der Waals surface area contributed by atoms with E-state index in [0.29, 0.717) is 5.16 Å². The lowest BCUT2D eigenvalue weighted by Gasteiger charge is -2.06. The Bertz CT molecular complexity index is 1110. The second kappa shape index (κ2) is 10.1. The summed E-state index contributed by atoms with van der Waals surface area (Å²) in [4.78, 5) is 20.5. The van der Waals surface area contributed by atoms with Gasteiger partial charge in [-0.15, -0.1) is 0 Å². The van der Waals surface area contributed by atoms with Gasteiger partial charge in [0.25, 0.3) is 0 Å². The SMILES string of the molecule is COc1ccc(-c2nc(SCC(=O)Nc3ccccc3)[nH]c2-c2ccc(OC)cc2)cc1. The normalized spacial score (nSPS) is 10.6. The van der Waals surface area contributed by atoms with E-state index in [1.54, 1.807) is 14.2 Å². The largest absolute Gasteiger partial charge is 0.497 e. The molecule has 0 aliphatic heterocycles. The molecule has 1 amide bonds. The summed E-state index contributed by atoms with van der Waals surface area (Å²) in [5.41, 5.74) is 4.39. The molecule has 0 radical (unpaired) electrons. The van der Waals surface area contributed by atoms with Crippen LogP contribution in [0.4, 0.5) is 5.69 Å². The monoisotopic (exact) mass is 445 g/mol. The Morgan fingerprint density at radius 1 is 0.875 bits per heavy atom. The van der Waals surface area contributed by atoms with Gasteiger partial charge >= 0.3 is 0 Å². The van der Waals surface area contributed by atoms with Crippen LogP contribution in [0.15, 0.2) is 84.0 Å². The molecule has 7 heteroatoms. The van der Waals surface area contributed by atoms with Crippen molar-refractivity contribution in [3.8, 4) is 34.0 Å². The van der Waals surface area contributed by atoms with Crippen LogP contribution in [-0.2, 0) is 4.79 Å². The highest BCUT2D eigenvalue weighted by molar-refractivity contribution is 7.99. The summed E-state index contributed by atoms with van der Waals surface area (Å²) in [6.07, 6.45) is 0. The van der Waals surface area contributed by atoms with E-state index in [2.05, 4.69) is 10.3 Å². The molecule has 0 aliphatic carbocycles. The second-order valence-electron chi connectivity index (χ2n) is 6.93. The summed E-state index contributed by atoms with van der Waals surface area (Å²) in [5.74, 6) is 1.72. The molecule has 0 aliphatic rings. The fourth-order valence-electron chi connectivity index (χ4n) is 3.20. The zero-order valence-corrected chi connectivity index (χ0v) is 18.6. The highest BCUT2D eigenvalue weighted by Crippen LogP contribution is 2.34. The van der Waals surface area contributed by atoms with Crippen LogP contribution in [0.2, 0.25) is 0 Å². The summed E-state index contributed by atoms with van der Waals surface area (Å²) < 4.78 is 10.5. The van der Waals surface area contributed by atoms with E-state index in [0.717, 1.165) is 39.7 Å². The number of benzene rings is 3. The summed E-state index contributed by atoms with van der Waals surface area (Å²) >= 11 is 1.36. The van der Waals surface area contributed by atoms with Crippen LogP contribution < -0.4 is 14.8 Å². The van der Waals surface area contributed by atoms with E-state index in [4.69, 9.17) is 14.5 Å². The molecular formula is C25H23N3O3S. The van der Waals surface area contributed by atoms with Crippen LogP contribution >= 0.6 is 11.8 Å². The Labute approximate surface area is 191 Å². The Balaban J connectivity index is 1.58. The van der Waals surface area contributed by atoms with Gasteiger partial charge in [0.15, 0.2) is 5.16 Å². The standard InChI is InChI=1S/C25H23N3O3S/c1-30-20-12-8-17(9-13-20)23-24(18-10-14-21(31-2)15-11-18)28-25(27-23)32-16-22(29)26-19-6-4-3-5-7-19/h3-15H,16H2,1-2H3,(H,26,29)(H,27,28). The number of hydrogen-bond donors (Lipinski definition) is 2. The molecule has 4 rings (SSSR count). The first-order valence-corrected chi connectivity index (χ1v) is 11.0. The highest BCUT2D eigenvalue weighted by Gasteiger charge is 2.16. The van der Waals surface area contributed by atoms with Gasteiger partial charge in [0, 0.05) is 16.8 Å². The van der Waals surface area contributed by atoms with Gasteiger partial charge < -0.3 is 19.8 Å².